The second-order valence-electron chi connectivity index (χ2n) is 5.34. The van der Waals surface area contributed by atoms with Gasteiger partial charge in [0.2, 0.25) is 10.0 Å². The van der Waals surface area contributed by atoms with Crippen molar-refractivity contribution in [2.24, 2.45) is 0 Å². The monoisotopic (exact) mass is 381 g/mol. The van der Waals surface area contributed by atoms with Crippen molar-refractivity contribution >= 4 is 38.9 Å². The van der Waals surface area contributed by atoms with Gasteiger partial charge < -0.3 is 9.73 Å². The molecule has 0 aliphatic heterocycles. The molecule has 0 bridgehead atoms. The minimum atomic E-state index is -3.56. The highest BCUT2D eigenvalue weighted by atomic mass is 32.2. The Morgan fingerprint density at radius 1 is 1.24 bits per heavy atom. The Morgan fingerprint density at radius 2 is 1.92 bits per heavy atom. The first kappa shape index (κ1) is 19.1. The van der Waals surface area contributed by atoms with Crippen molar-refractivity contribution in [3.05, 3.63) is 48.4 Å². The average molecular weight is 381 g/mol. The van der Waals surface area contributed by atoms with Gasteiger partial charge in [-0.3, -0.25) is 10.1 Å². The number of carbonyl (C=O) groups is 1. The summed E-state index contributed by atoms with van der Waals surface area (Å²) in [7, 11) is -3.56. The van der Waals surface area contributed by atoms with Crippen molar-refractivity contribution in [2.75, 3.05) is 5.32 Å². The second-order valence-corrected chi connectivity index (χ2v) is 7.46. The lowest BCUT2D eigenvalue weighted by molar-refractivity contribution is 0.0950. The van der Waals surface area contributed by atoms with Crippen molar-refractivity contribution in [2.45, 2.75) is 31.2 Å². The van der Waals surface area contributed by atoms with Crippen molar-refractivity contribution < 1.29 is 17.6 Å². The number of hydrogen-bond acceptors (Lipinski definition) is 5. The molecule has 2 rings (SSSR count). The van der Waals surface area contributed by atoms with E-state index in [-0.39, 0.29) is 21.8 Å². The van der Waals surface area contributed by atoms with Crippen LogP contribution in [-0.4, -0.2) is 25.5 Å². The molecule has 1 atom stereocenters. The third kappa shape index (κ3) is 5.38. The minimum Gasteiger partial charge on any atom is -0.459 e. The van der Waals surface area contributed by atoms with Crippen LogP contribution in [0, 0.1) is 0 Å². The maximum atomic E-state index is 12.2. The molecule has 1 aromatic carbocycles. The molecule has 0 saturated heterocycles. The number of rotatable bonds is 6. The molecule has 3 N–H and O–H groups in total. The number of sulfonamides is 1. The Hall–Kier alpha value is -2.23. The number of anilines is 1. The summed E-state index contributed by atoms with van der Waals surface area (Å²) >= 11 is 5.05. The van der Waals surface area contributed by atoms with Crippen LogP contribution < -0.4 is 15.4 Å². The van der Waals surface area contributed by atoms with Crippen LogP contribution >= 0.6 is 12.2 Å². The molecule has 0 aliphatic rings. The molecule has 0 aliphatic carbocycles. The quantitative estimate of drug-likeness (QED) is 0.665. The lowest BCUT2D eigenvalue weighted by Crippen LogP contribution is -2.34. The van der Waals surface area contributed by atoms with E-state index < -0.39 is 15.9 Å². The Bertz CT molecular complexity index is 831. The van der Waals surface area contributed by atoms with Crippen molar-refractivity contribution in [3.63, 3.8) is 0 Å². The smallest absolute Gasteiger partial charge is 0.293 e. The molecular weight excluding hydrogens is 362 g/mol. The summed E-state index contributed by atoms with van der Waals surface area (Å²) in [4.78, 5) is 12.0. The molecule has 0 spiro atoms. The summed E-state index contributed by atoms with van der Waals surface area (Å²) in [5, 5.41) is 5.35. The SMILES string of the molecule is CCC(C)NS(=O)(=O)c1ccc(NC(=S)NC(=O)c2ccco2)cc1. The predicted molar refractivity (Wildman–Crippen MR) is 98.9 cm³/mol. The van der Waals surface area contributed by atoms with E-state index in [4.69, 9.17) is 16.6 Å². The van der Waals surface area contributed by atoms with E-state index in [1.807, 2.05) is 6.92 Å². The third-order valence-corrected chi connectivity index (χ3v) is 5.17. The van der Waals surface area contributed by atoms with E-state index in [9.17, 15) is 13.2 Å². The van der Waals surface area contributed by atoms with Crippen molar-refractivity contribution in [1.29, 1.82) is 0 Å². The maximum absolute atomic E-state index is 12.2. The van der Waals surface area contributed by atoms with Crippen LogP contribution in [0.2, 0.25) is 0 Å². The number of carbonyl (C=O) groups excluding carboxylic acids is 1. The van der Waals surface area contributed by atoms with Crippen LogP contribution in [0.4, 0.5) is 5.69 Å². The molecule has 0 radical (unpaired) electrons. The highest BCUT2D eigenvalue weighted by molar-refractivity contribution is 7.89. The number of furan rings is 1. The van der Waals surface area contributed by atoms with E-state index >= 15 is 0 Å². The molecule has 9 heteroatoms. The third-order valence-electron chi connectivity index (χ3n) is 3.36. The van der Waals surface area contributed by atoms with Gasteiger partial charge in [0.25, 0.3) is 5.91 Å². The molecule has 25 heavy (non-hydrogen) atoms. The van der Waals surface area contributed by atoms with Crippen LogP contribution in [-0.2, 0) is 10.0 Å². The Labute approximate surface area is 151 Å². The van der Waals surface area contributed by atoms with Gasteiger partial charge in [0.15, 0.2) is 10.9 Å². The van der Waals surface area contributed by atoms with Gasteiger partial charge in [-0.1, -0.05) is 6.92 Å². The van der Waals surface area contributed by atoms with Gasteiger partial charge in [0.05, 0.1) is 11.2 Å². The first-order valence-corrected chi connectivity index (χ1v) is 9.49. The van der Waals surface area contributed by atoms with Gasteiger partial charge in [0, 0.05) is 11.7 Å². The summed E-state index contributed by atoms with van der Waals surface area (Å²) in [6.07, 6.45) is 2.08. The fraction of sp³-hybridized carbons (Fsp3) is 0.250. The molecule has 1 heterocycles. The van der Waals surface area contributed by atoms with E-state index in [1.165, 1.54) is 24.5 Å². The first-order valence-electron chi connectivity index (χ1n) is 7.60. The lowest BCUT2D eigenvalue weighted by atomic mass is 10.3. The van der Waals surface area contributed by atoms with Crippen LogP contribution in [0.1, 0.15) is 30.8 Å². The number of amides is 1. The average Bonchev–Trinajstić information content (AvgIpc) is 3.09. The van der Waals surface area contributed by atoms with Crippen LogP contribution in [0.15, 0.2) is 52.0 Å². The zero-order valence-corrected chi connectivity index (χ0v) is 15.4. The van der Waals surface area contributed by atoms with Crippen molar-refractivity contribution in [3.8, 4) is 0 Å². The van der Waals surface area contributed by atoms with Gasteiger partial charge >= 0.3 is 0 Å². The van der Waals surface area contributed by atoms with Gasteiger partial charge in [-0.05, 0) is 62.0 Å². The standard InChI is InChI=1S/C16H19N3O4S2/c1-3-11(2)19-25(21,22)13-8-6-12(7-9-13)17-16(24)18-15(20)14-5-4-10-23-14/h4-11,19H,3H2,1-2H3,(H2,17,18,20,24). The molecule has 0 saturated carbocycles. The summed E-state index contributed by atoms with van der Waals surface area (Å²) in [6, 6.07) is 9.02. The molecule has 134 valence electrons. The highest BCUT2D eigenvalue weighted by Crippen LogP contribution is 2.14. The number of hydrogen-bond donors (Lipinski definition) is 3. The highest BCUT2D eigenvalue weighted by Gasteiger charge is 2.16. The molecule has 1 unspecified atom stereocenters. The van der Waals surface area contributed by atoms with E-state index in [0.717, 1.165) is 0 Å². The number of nitrogens with one attached hydrogen (secondary N) is 3. The fourth-order valence-corrected chi connectivity index (χ4v) is 3.41. The van der Waals surface area contributed by atoms with Crippen molar-refractivity contribution in [1.82, 2.24) is 10.0 Å². The Kier molecular flexibility index (Phi) is 6.29. The summed E-state index contributed by atoms with van der Waals surface area (Å²) < 4.78 is 31.9. The van der Waals surface area contributed by atoms with Crippen LogP contribution in [0.3, 0.4) is 0 Å². The molecule has 1 aromatic heterocycles. The van der Waals surface area contributed by atoms with Crippen LogP contribution in [0.25, 0.3) is 0 Å². The summed E-state index contributed by atoms with van der Waals surface area (Å²) in [5.74, 6) is -0.332. The topological polar surface area (TPSA) is 100 Å². The lowest BCUT2D eigenvalue weighted by Gasteiger charge is -2.13. The Morgan fingerprint density at radius 3 is 2.48 bits per heavy atom. The first-order chi connectivity index (χ1) is 11.8. The summed E-state index contributed by atoms with van der Waals surface area (Å²) in [6.45, 7) is 3.70. The van der Waals surface area contributed by atoms with Gasteiger partial charge in [-0.25, -0.2) is 13.1 Å². The second kappa shape index (κ2) is 8.24. The molecular formula is C16H19N3O4S2. The van der Waals surface area contributed by atoms with Gasteiger partial charge in [0.1, 0.15) is 0 Å². The largest absolute Gasteiger partial charge is 0.459 e. The molecule has 0 fully saturated rings. The number of thiocarbonyl (C=S) groups is 1. The normalized spacial score (nSPS) is 12.4. The minimum absolute atomic E-state index is 0.0785. The van der Waals surface area contributed by atoms with E-state index in [1.54, 1.807) is 25.1 Å². The molecule has 2 aromatic rings. The molecule has 1 amide bonds. The maximum Gasteiger partial charge on any atom is 0.293 e. The van der Waals surface area contributed by atoms with Crippen LogP contribution in [0.5, 0.6) is 0 Å². The van der Waals surface area contributed by atoms with E-state index in [2.05, 4.69) is 15.4 Å². The Balaban J connectivity index is 1.98. The van der Waals surface area contributed by atoms with Gasteiger partial charge in [-0.15, -0.1) is 0 Å². The zero-order valence-electron chi connectivity index (χ0n) is 13.8. The molecule has 7 nitrogen and oxygen atoms in total. The van der Waals surface area contributed by atoms with E-state index in [0.29, 0.717) is 12.1 Å². The van der Waals surface area contributed by atoms with Gasteiger partial charge in [-0.2, -0.15) is 0 Å². The zero-order chi connectivity index (χ0) is 18.4. The fourth-order valence-electron chi connectivity index (χ4n) is 1.87. The number of benzene rings is 1. The summed E-state index contributed by atoms with van der Waals surface area (Å²) in [5.41, 5.74) is 0.548. The predicted octanol–water partition coefficient (Wildman–Crippen LogP) is 2.48.